The van der Waals surface area contributed by atoms with Gasteiger partial charge in [-0.3, -0.25) is 0 Å². The van der Waals surface area contributed by atoms with Crippen molar-refractivity contribution in [3.63, 3.8) is 0 Å². The topological polar surface area (TPSA) is 25.6 Å². The molecule has 3 heteroatoms. The van der Waals surface area contributed by atoms with Crippen molar-refractivity contribution in [2.45, 2.75) is 37.1 Å². The van der Waals surface area contributed by atoms with Crippen molar-refractivity contribution in [2.75, 3.05) is 4.90 Å². The lowest BCUT2D eigenvalue weighted by Crippen LogP contribution is -2.33. The van der Waals surface area contributed by atoms with Crippen LogP contribution in [-0.4, -0.2) is 6.04 Å². The molecule has 3 nitrogen and oxygen atoms in total. The third-order valence-electron chi connectivity index (χ3n) is 16.1. The molecule has 4 aliphatic rings. The van der Waals surface area contributed by atoms with E-state index < -0.39 is 5.41 Å². The number of para-hydroxylation sites is 1. The van der Waals surface area contributed by atoms with Gasteiger partial charge in [0.15, 0.2) is 0 Å². The maximum atomic E-state index is 7.19. The lowest BCUT2D eigenvalue weighted by atomic mass is 9.65. The van der Waals surface area contributed by atoms with Crippen molar-refractivity contribution in [1.29, 1.82) is 0 Å². The summed E-state index contributed by atoms with van der Waals surface area (Å²) in [5.74, 6) is 1.87. The number of allylic oxidation sites excluding steroid dienone is 2. The lowest BCUT2D eigenvalue weighted by Gasteiger charge is -2.40. The molecule has 15 rings (SSSR count). The van der Waals surface area contributed by atoms with Crippen molar-refractivity contribution in [1.82, 2.24) is 0 Å². The molecule has 1 aromatic heterocycles. The van der Waals surface area contributed by atoms with E-state index in [1.165, 1.54) is 77.6 Å². The second-order valence-electron chi connectivity index (χ2n) is 19.8. The Hall–Kier alpha value is -8.40. The fourth-order valence-electron chi connectivity index (χ4n) is 13.1. The highest BCUT2D eigenvalue weighted by Gasteiger charge is 2.52. The number of anilines is 2. The molecule has 69 heavy (non-hydrogen) atoms. The summed E-state index contributed by atoms with van der Waals surface area (Å²) >= 11 is 0. The molecule has 0 radical (unpaired) electrons. The Morgan fingerprint density at radius 3 is 1.83 bits per heavy atom. The summed E-state index contributed by atoms with van der Waals surface area (Å²) in [5.41, 5.74) is 18.7. The maximum absolute atomic E-state index is 7.19. The van der Waals surface area contributed by atoms with Crippen LogP contribution in [0.15, 0.2) is 228 Å². The largest absolute Gasteiger partial charge is 0.456 e. The second-order valence-corrected chi connectivity index (χ2v) is 19.8. The predicted molar refractivity (Wildman–Crippen MR) is 284 cm³/mol. The van der Waals surface area contributed by atoms with E-state index in [1.807, 2.05) is 0 Å². The van der Waals surface area contributed by atoms with Crippen LogP contribution in [0.1, 0.15) is 53.6 Å². The molecule has 1 aliphatic heterocycles. The Balaban J connectivity index is 0.910. The number of hydrogen-bond acceptors (Lipinski definition) is 3. The molecule has 0 bridgehead atoms. The summed E-state index contributed by atoms with van der Waals surface area (Å²) in [5, 5.41) is 6.86. The first-order chi connectivity index (χ1) is 34.0. The molecule has 0 saturated heterocycles. The summed E-state index contributed by atoms with van der Waals surface area (Å²) in [6.45, 7) is 4.76. The van der Waals surface area contributed by atoms with Crippen LogP contribution in [0.25, 0.3) is 71.3 Å². The number of nitrogens with zero attached hydrogens (tertiary/aromatic N) is 1. The zero-order valence-electron chi connectivity index (χ0n) is 38.3. The molecule has 10 aromatic carbocycles. The number of benzene rings is 10. The molecule has 0 amide bonds. The monoisotopic (exact) mass is 883 g/mol. The van der Waals surface area contributed by atoms with Crippen LogP contribution in [0.4, 0.5) is 11.4 Å². The molecule has 0 N–H and O–H groups in total. The minimum absolute atomic E-state index is 0.0604. The van der Waals surface area contributed by atoms with Gasteiger partial charge >= 0.3 is 0 Å². The summed E-state index contributed by atoms with van der Waals surface area (Å²) in [7, 11) is 0. The van der Waals surface area contributed by atoms with Crippen LogP contribution in [0, 0.1) is 0 Å². The first-order valence-electron chi connectivity index (χ1n) is 24.3. The molecule has 1 spiro atoms. The summed E-state index contributed by atoms with van der Waals surface area (Å²) in [6, 6.07) is 76.1. The first-order valence-corrected chi connectivity index (χ1v) is 24.3. The smallest absolute Gasteiger partial charge is 0.140 e. The van der Waals surface area contributed by atoms with Gasteiger partial charge in [0.05, 0.1) is 22.5 Å². The van der Waals surface area contributed by atoms with Gasteiger partial charge in [-0.25, -0.2) is 0 Å². The predicted octanol–water partition coefficient (Wildman–Crippen LogP) is 17.2. The molecular formula is C66H45NO2. The summed E-state index contributed by atoms with van der Waals surface area (Å²) in [4.78, 5) is 2.60. The van der Waals surface area contributed by atoms with Crippen LogP contribution in [0.5, 0.6) is 11.5 Å². The minimum Gasteiger partial charge on any atom is -0.456 e. The number of hydrogen-bond donors (Lipinski definition) is 0. The van der Waals surface area contributed by atoms with Gasteiger partial charge in [0.2, 0.25) is 0 Å². The first kappa shape index (κ1) is 38.7. The summed E-state index contributed by atoms with van der Waals surface area (Å²) < 4.78 is 13.7. The molecular weight excluding hydrogens is 839 g/mol. The van der Waals surface area contributed by atoms with Crippen LogP contribution in [-0.2, 0) is 10.8 Å². The fourth-order valence-corrected chi connectivity index (χ4v) is 13.1. The fraction of sp³-hybridized carbons (Fsp3) is 0.0909. The number of rotatable bonds is 4. The van der Waals surface area contributed by atoms with E-state index in [4.69, 9.17) is 9.15 Å². The van der Waals surface area contributed by atoms with Crippen LogP contribution < -0.4 is 9.64 Å². The SMILES string of the molecule is CC1(C)C2=C(c3ccccc31)C(N(c1ccc(-c3ccc4c(c3)-c3ccccc3C43c4ccc5ccccc5c4Oc4c3ccc3ccccc43)cc1)c1cccc3oc4ccccc4c13)CC=C2. The minimum atomic E-state index is -0.584. The standard InChI is InChI=1S/C66H45NO2/c1-65(2)51-22-10-8-20-48(51)61-54(65)24-13-25-57(61)67(58-26-14-28-60-62(58)49-21-9-12-27-59(49)68-60)44-34-29-40(30-35-44)43-33-36-53-50(39-43)47-19-7-11-23-52(47)66(53)55-37-31-41-15-3-5-17-45(41)63(55)69-64-46-18-6-4-16-42(46)32-38-56(64)66/h3-24,26-39,57H,25H2,1-2H3. The van der Waals surface area contributed by atoms with Crippen LogP contribution >= 0.6 is 0 Å². The Kier molecular flexibility index (Phi) is 7.89. The van der Waals surface area contributed by atoms with E-state index in [0.717, 1.165) is 62.0 Å². The highest BCUT2D eigenvalue weighted by atomic mass is 16.5. The van der Waals surface area contributed by atoms with E-state index in [-0.39, 0.29) is 11.5 Å². The highest BCUT2D eigenvalue weighted by Crippen LogP contribution is 2.64. The number of fused-ring (bicyclic) bond motifs is 18. The van der Waals surface area contributed by atoms with E-state index >= 15 is 0 Å². The Labute approximate surface area is 400 Å². The number of ether oxygens (including phenoxy) is 1. The van der Waals surface area contributed by atoms with Gasteiger partial charge < -0.3 is 14.1 Å². The molecule has 326 valence electrons. The molecule has 2 heterocycles. The molecule has 11 aromatic rings. The van der Waals surface area contributed by atoms with E-state index in [1.54, 1.807) is 0 Å². The normalized spacial score (nSPS) is 16.6. The third kappa shape index (κ3) is 5.17. The van der Waals surface area contributed by atoms with E-state index in [0.29, 0.717) is 0 Å². The van der Waals surface area contributed by atoms with Crippen molar-refractivity contribution in [3.05, 3.63) is 257 Å². The van der Waals surface area contributed by atoms with Crippen molar-refractivity contribution in [2.24, 2.45) is 0 Å². The van der Waals surface area contributed by atoms with Gasteiger partial charge in [-0.15, -0.1) is 0 Å². The second kappa shape index (κ2) is 14.1. The Bertz CT molecular complexity index is 3980. The highest BCUT2D eigenvalue weighted by molar-refractivity contribution is 6.13. The van der Waals surface area contributed by atoms with Crippen LogP contribution in [0.3, 0.4) is 0 Å². The van der Waals surface area contributed by atoms with Gasteiger partial charge in [-0.1, -0.05) is 196 Å². The average molecular weight is 884 g/mol. The van der Waals surface area contributed by atoms with E-state index in [9.17, 15) is 0 Å². The molecule has 3 aliphatic carbocycles. The van der Waals surface area contributed by atoms with Crippen molar-refractivity contribution < 1.29 is 9.15 Å². The van der Waals surface area contributed by atoms with Gasteiger partial charge in [-0.05, 0) is 109 Å². The van der Waals surface area contributed by atoms with Gasteiger partial charge in [0.25, 0.3) is 0 Å². The van der Waals surface area contributed by atoms with Gasteiger partial charge in [-0.2, -0.15) is 0 Å². The Morgan fingerprint density at radius 2 is 1.07 bits per heavy atom. The van der Waals surface area contributed by atoms with Gasteiger partial charge in [0, 0.05) is 38.4 Å². The molecule has 0 saturated carbocycles. The summed E-state index contributed by atoms with van der Waals surface area (Å²) in [6.07, 6.45) is 5.66. The van der Waals surface area contributed by atoms with E-state index in [2.05, 4.69) is 237 Å². The average Bonchev–Trinajstić information content (AvgIpc) is 4.01. The maximum Gasteiger partial charge on any atom is 0.140 e. The zero-order valence-corrected chi connectivity index (χ0v) is 38.3. The molecule has 1 unspecified atom stereocenters. The molecule has 0 fully saturated rings. The van der Waals surface area contributed by atoms with Crippen molar-refractivity contribution >= 4 is 60.4 Å². The lowest BCUT2D eigenvalue weighted by molar-refractivity contribution is 0.447. The van der Waals surface area contributed by atoms with Crippen molar-refractivity contribution in [3.8, 4) is 33.8 Å². The van der Waals surface area contributed by atoms with Crippen LogP contribution in [0.2, 0.25) is 0 Å². The third-order valence-corrected chi connectivity index (χ3v) is 16.1. The zero-order chi connectivity index (χ0) is 45.6. The number of furan rings is 1. The molecule has 1 atom stereocenters. The quantitative estimate of drug-likeness (QED) is 0.176. The van der Waals surface area contributed by atoms with Gasteiger partial charge in [0.1, 0.15) is 22.7 Å². The Morgan fingerprint density at radius 1 is 0.478 bits per heavy atom.